The van der Waals surface area contributed by atoms with Crippen LogP contribution < -0.4 is 10.6 Å². The van der Waals surface area contributed by atoms with E-state index in [1.807, 2.05) is 6.92 Å². The molecule has 1 fully saturated rings. The number of urea groups is 1. The van der Waals surface area contributed by atoms with Crippen LogP contribution >= 0.6 is 0 Å². The summed E-state index contributed by atoms with van der Waals surface area (Å²) >= 11 is 0. The van der Waals surface area contributed by atoms with E-state index in [1.165, 1.54) is 0 Å². The zero-order chi connectivity index (χ0) is 16.4. The molecular formula is C15H19N5O3. The number of carbonyl (C=O) groups excluding carboxylic acids is 2. The lowest BCUT2D eigenvalue weighted by atomic mass is 10.2. The Kier molecular flexibility index (Phi) is 4.05. The summed E-state index contributed by atoms with van der Waals surface area (Å²) in [5, 5.41) is 9.96. The number of hydrogen-bond donors (Lipinski definition) is 2. The maximum atomic E-state index is 12.6. The molecule has 0 bridgehead atoms. The second-order valence-corrected chi connectivity index (χ2v) is 5.57. The lowest BCUT2D eigenvalue weighted by molar-refractivity contribution is -0.121. The average molecular weight is 317 g/mol. The number of nitrogens with zero attached hydrogens (tertiary/aromatic N) is 3. The number of hydrogen-bond acceptors (Lipinski definition) is 4. The van der Waals surface area contributed by atoms with Gasteiger partial charge in [-0.25, -0.2) is 4.79 Å². The van der Waals surface area contributed by atoms with E-state index in [2.05, 4.69) is 15.7 Å². The van der Waals surface area contributed by atoms with Crippen LogP contribution in [-0.2, 0) is 11.8 Å². The number of aromatic nitrogens is 2. The summed E-state index contributed by atoms with van der Waals surface area (Å²) in [6, 6.07) is 3.13. The monoisotopic (exact) mass is 317 g/mol. The minimum atomic E-state index is -0.255. The van der Waals surface area contributed by atoms with Crippen LogP contribution in [-0.4, -0.2) is 45.8 Å². The molecule has 23 heavy (non-hydrogen) atoms. The van der Waals surface area contributed by atoms with Crippen molar-refractivity contribution in [2.45, 2.75) is 19.4 Å². The topological polar surface area (TPSA) is 92.4 Å². The van der Waals surface area contributed by atoms with Gasteiger partial charge in [0.1, 0.15) is 0 Å². The number of anilines is 1. The quantitative estimate of drug-likeness (QED) is 0.876. The molecule has 0 spiro atoms. The summed E-state index contributed by atoms with van der Waals surface area (Å²) in [6.45, 7) is 2.78. The van der Waals surface area contributed by atoms with Crippen LogP contribution in [0.3, 0.4) is 0 Å². The Hall–Kier alpha value is -2.77. The fourth-order valence-electron chi connectivity index (χ4n) is 2.65. The van der Waals surface area contributed by atoms with Crippen LogP contribution in [0, 0.1) is 0 Å². The molecule has 0 aliphatic carbocycles. The molecule has 3 rings (SSSR count). The lowest BCUT2D eigenvalue weighted by Crippen LogP contribution is -2.42. The Balaban J connectivity index is 1.79. The van der Waals surface area contributed by atoms with Crippen molar-refractivity contribution in [3.63, 3.8) is 0 Å². The highest BCUT2D eigenvalue weighted by molar-refractivity contribution is 5.93. The molecule has 2 aromatic rings. The third-order valence-corrected chi connectivity index (χ3v) is 3.77. The maximum Gasteiger partial charge on any atom is 0.322 e. The van der Waals surface area contributed by atoms with Crippen LogP contribution in [0.4, 0.5) is 10.5 Å². The average Bonchev–Trinajstić information content (AvgIpc) is 3.08. The van der Waals surface area contributed by atoms with E-state index in [4.69, 9.17) is 4.42 Å². The second kappa shape index (κ2) is 6.15. The Morgan fingerprint density at radius 2 is 2.35 bits per heavy atom. The van der Waals surface area contributed by atoms with Gasteiger partial charge in [-0.1, -0.05) is 0 Å². The maximum absolute atomic E-state index is 12.6. The van der Waals surface area contributed by atoms with Gasteiger partial charge >= 0.3 is 6.03 Å². The van der Waals surface area contributed by atoms with Gasteiger partial charge in [-0.2, -0.15) is 5.10 Å². The van der Waals surface area contributed by atoms with E-state index >= 15 is 0 Å². The van der Waals surface area contributed by atoms with Crippen molar-refractivity contribution in [1.82, 2.24) is 20.0 Å². The van der Waals surface area contributed by atoms with Gasteiger partial charge in [-0.15, -0.1) is 0 Å². The normalized spacial score (nSPS) is 18.4. The van der Waals surface area contributed by atoms with E-state index in [0.29, 0.717) is 36.7 Å². The van der Waals surface area contributed by atoms with Gasteiger partial charge in [0.2, 0.25) is 5.91 Å². The van der Waals surface area contributed by atoms with Crippen molar-refractivity contribution >= 4 is 17.6 Å². The summed E-state index contributed by atoms with van der Waals surface area (Å²) in [6.07, 6.45) is 3.58. The Labute approximate surface area is 133 Å². The Bertz CT molecular complexity index is 707. The van der Waals surface area contributed by atoms with E-state index in [-0.39, 0.29) is 18.0 Å². The first kappa shape index (κ1) is 15.1. The number of rotatable bonds is 2. The molecule has 2 N–H and O–H groups in total. The molecule has 0 aromatic carbocycles. The van der Waals surface area contributed by atoms with Gasteiger partial charge < -0.3 is 20.0 Å². The zero-order valence-corrected chi connectivity index (χ0v) is 13.1. The third kappa shape index (κ3) is 3.20. The van der Waals surface area contributed by atoms with Crippen molar-refractivity contribution in [1.29, 1.82) is 0 Å². The van der Waals surface area contributed by atoms with Gasteiger partial charge in [0.25, 0.3) is 0 Å². The minimum absolute atomic E-state index is 0.0366. The first-order valence-corrected chi connectivity index (χ1v) is 7.46. The molecule has 3 heterocycles. The van der Waals surface area contributed by atoms with Crippen LogP contribution in [0.25, 0.3) is 11.5 Å². The van der Waals surface area contributed by atoms with Gasteiger partial charge in [-0.3, -0.25) is 9.48 Å². The largest absolute Gasteiger partial charge is 0.463 e. The fourth-order valence-corrected chi connectivity index (χ4v) is 2.65. The van der Waals surface area contributed by atoms with Crippen molar-refractivity contribution in [3.8, 4) is 11.5 Å². The van der Waals surface area contributed by atoms with Gasteiger partial charge in [0, 0.05) is 38.8 Å². The molecule has 1 aliphatic rings. The summed E-state index contributed by atoms with van der Waals surface area (Å²) in [4.78, 5) is 25.8. The Morgan fingerprint density at radius 1 is 1.52 bits per heavy atom. The fraction of sp³-hybridized carbons (Fsp3) is 0.400. The highest BCUT2D eigenvalue weighted by Gasteiger charge is 2.26. The molecule has 0 saturated carbocycles. The van der Waals surface area contributed by atoms with Crippen LogP contribution in [0.15, 0.2) is 29.0 Å². The molecule has 1 unspecified atom stereocenters. The van der Waals surface area contributed by atoms with Gasteiger partial charge in [0.05, 0.1) is 12.0 Å². The van der Waals surface area contributed by atoms with Gasteiger partial charge in [-0.05, 0) is 19.1 Å². The highest BCUT2D eigenvalue weighted by Crippen LogP contribution is 2.27. The molecule has 8 nitrogen and oxygen atoms in total. The van der Waals surface area contributed by atoms with Crippen LogP contribution in [0.1, 0.15) is 13.3 Å². The number of amides is 3. The Morgan fingerprint density at radius 3 is 3.09 bits per heavy atom. The molecule has 0 radical (unpaired) electrons. The van der Waals surface area contributed by atoms with Crippen LogP contribution in [0.5, 0.6) is 0 Å². The first-order valence-electron chi connectivity index (χ1n) is 7.46. The van der Waals surface area contributed by atoms with Crippen molar-refractivity contribution in [2.24, 2.45) is 7.05 Å². The summed E-state index contributed by atoms with van der Waals surface area (Å²) in [7, 11) is 1.78. The molecule has 1 atom stereocenters. The third-order valence-electron chi connectivity index (χ3n) is 3.77. The molecule has 122 valence electrons. The molecule has 3 amide bonds. The molecule has 8 heteroatoms. The lowest BCUT2D eigenvalue weighted by Gasteiger charge is -2.26. The summed E-state index contributed by atoms with van der Waals surface area (Å²) in [5.74, 6) is 0.548. The summed E-state index contributed by atoms with van der Waals surface area (Å²) < 4.78 is 6.98. The van der Waals surface area contributed by atoms with Crippen LogP contribution in [0.2, 0.25) is 0 Å². The van der Waals surface area contributed by atoms with Crippen molar-refractivity contribution in [3.05, 3.63) is 24.6 Å². The SMILES string of the molecule is CC1CC(=O)NCCN1C(=O)Nc1cn(C)nc1-c1ccco1. The van der Waals surface area contributed by atoms with E-state index in [0.717, 1.165) is 0 Å². The first-order chi connectivity index (χ1) is 11.0. The van der Waals surface area contributed by atoms with E-state index < -0.39 is 0 Å². The number of carbonyl (C=O) groups is 2. The molecule has 1 aliphatic heterocycles. The minimum Gasteiger partial charge on any atom is -0.463 e. The molecular weight excluding hydrogens is 298 g/mol. The molecule has 1 saturated heterocycles. The van der Waals surface area contributed by atoms with Gasteiger partial charge in [0.15, 0.2) is 11.5 Å². The molecule has 2 aromatic heterocycles. The predicted octanol–water partition coefficient (Wildman–Crippen LogP) is 1.42. The van der Waals surface area contributed by atoms with Crippen molar-refractivity contribution in [2.75, 3.05) is 18.4 Å². The smallest absolute Gasteiger partial charge is 0.322 e. The number of nitrogens with one attached hydrogen (secondary N) is 2. The van der Waals surface area contributed by atoms with E-state index in [1.54, 1.807) is 41.2 Å². The number of aryl methyl sites for hydroxylation is 1. The second-order valence-electron chi connectivity index (χ2n) is 5.57. The number of furan rings is 1. The van der Waals surface area contributed by atoms with E-state index in [9.17, 15) is 9.59 Å². The highest BCUT2D eigenvalue weighted by atomic mass is 16.3. The zero-order valence-electron chi connectivity index (χ0n) is 13.1. The predicted molar refractivity (Wildman–Crippen MR) is 83.7 cm³/mol. The summed E-state index contributed by atoms with van der Waals surface area (Å²) in [5.41, 5.74) is 1.14. The standard InChI is InChI=1S/C15H19N5O3/c1-10-8-13(21)16-5-6-20(10)15(22)17-11-9-19(2)18-14(11)12-4-3-7-23-12/h3-4,7,9-10H,5-6,8H2,1-2H3,(H,16,21)(H,17,22). The van der Waals surface area contributed by atoms with Crippen molar-refractivity contribution < 1.29 is 14.0 Å².